The molecule has 0 radical (unpaired) electrons. The number of ether oxygens (including phenoxy) is 11. The summed E-state index contributed by atoms with van der Waals surface area (Å²) in [5.41, 5.74) is 0. The Morgan fingerprint density at radius 2 is 0.955 bits per heavy atom. The normalized spacial score (nSPS) is 37.2. The van der Waals surface area contributed by atoms with Crippen molar-refractivity contribution in [1.29, 1.82) is 0 Å². The minimum Gasteiger partial charge on any atom is -1.00 e. The number of rotatable bonds is 8. The fourth-order valence-electron chi connectivity index (χ4n) is 9.54. The zero-order valence-electron chi connectivity index (χ0n) is 40.1. The second-order valence-corrected chi connectivity index (χ2v) is 19.8. The van der Waals surface area contributed by atoms with Gasteiger partial charge in [-0.05, 0) is 113 Å². The van der Waals surface area contributed by atoms with Crippen molar-refractivity contribution >= 4 is 23.1 Å². The minimum absolute atomic E-state index is 0. The van der Waals surface area contributed by atoms with Crippen molar-refractivity contribution in [1.82, 2.24) is 10.4 Å². The molecule has 0 amide bonds. The van der Waals surface area contributed by atoms with E-state index in [4.69, 9.17) is 66.7 Å². The van der Waals surface area contributed by atoms with Crippen molar-refractivity contribution < 1.29 is 83.7 Å². The third-order valence-corrected chi connectivity index (χ3v) is 12.4. The van der Waals surface area contributed by atoms with Crippen molar-refractivity contribution in [3.63, 3.8) is 0 Å². The van der Waals surface area contributed by atoms with E-state index in [1.165, 1.54) is 77.3 Å². The van der Waals surface area contributed by atoms with Crippen LogP contribution in [0, 0.1) is 0 Å². The first-order valence-electron chi connectivity index (χ1n) is 24.0. The van der Waals surface area contributed by atoms with Crippen molar-refractivity contribution in [2.75, 3.05) is 65.7 Å². The van der Waals surface area contributed by atoms with E-state index in [-0.39, 0.29) is 124 Å². The number of halogens is 1. The second-order valence-electron chi connectivity index (χ2n) is 19.8. The molecule has 5 unspecified atom stereocenters. The zero-order chi connectivity index (χ0) is 43.8. The predicted molar refractivity (Wildman–Crippen MR) is 252 cm³/mol. The molecule has 10 rings (SSSR count). The van der Waals surface area contributed by atoms with Crippen LogP contribution in [-0.2, 0) is 66.7 Å². The molecule has 19 heteroatoms. The molecule has 0 aliphatic carbocycles. The molecule has 1 N–H and O–H groups in total. The molecule has 67 heavy (non-hydrogen) atoms. The summed E-state index contributed by atoms with van der Waals surface area (Å²) in [4.78, 5) is 16.7. The topological polar surface area (TPSA) is 159 Å². The van der Waals surface area contributed by atoms with Crippen LogP contribution in [0.15, 0.2) is 0 Å². The Labute approximate surface area is 431 Å². The summed E-state index contributed by atoms with van der Waals surface area (Å²) in [5, 5.41) is 9.49. The molecule has 17 nitrogen and oxygen atoms in total. The Hall–Kier alpha value is 0.566. The smallest absolute Gasteiger partial charge is 1.00 e. The number of fused-ring (bicyclic) bond motifs is 6. The van der Waals surface area contributed by atoms with Crippen molar-refractivity contribution in [2.24, 2.45) is 0 Å². The van der Waals surface area contributed by atoms with Crippen molar-refractivity contribution in [3.8, 4) is 0 Å². The van der Waals surface area contributed by atoms with Crippen molar-refractivity contribution in [2.45, 2.75) is 245 Å². The van der Waals surface area contributed by atoms with Gasteiger partial charge in [0.2, 0.25) is 0 Å². The summed E-state index contributed by atoms with van der Waals surface area (Å²) < 4.78 is 65.9. The van der Waals surface area contributed by atoms with Gasteiger partial charge in [0.25, 0.3) is 0 Å². The maximum atomic E-state index is 6.14. The number of hydrogen-bond donors (Lipinski definition) is 1. The monoisotopic (exact) mass is 1040 g/mol. The van der Waals surface area contributed by atoms with Gasteiger partial charge in [-0.1, -0.05) is 54.4 Å². The largest absolute Gasteiger partial charge is 2.00 e. The molecular weight excluding hydrogens is 947 g/mol. The average Bonchev–Trinajstić information content (AvgIpc) is 3.97. The number of nitrogens with one attached hydrogen (secondary N) is 1. The van der Waals surface area contributed by atoms with E-state index in [1.54, 1.807) is 0 Å². The second kappa shape index (κ2) is 29.5. The van der Waals surface area contributed by atoms with Crippen LogP contribution in [0.25, 0.3) is 5.32 Å². The SMILES string of the molecule is C.C.C.C1CCNCC1.C1CC[N-]CC1.CC1(C)OC2OC(CON3CCCCC3)[C@@H]3OC(C)(C)O[C@@H]3[C@@H]2O1.CC1(C)OC2OC(COOCC3CCCCO3)[C@@H]3OC(C)(C)O[C@@H]3[C@@H]2O1.[Br-].[Mg+2]. The van der Waals surface area contributed by atoms with Gasteiger partial charge >= 0.3 is 23.1 Å². The molecule has 392 valence electrons. The van der Waals surface area contributed by atoms with Gasteiger partial charge in [-0.2, -0.15) is 5.06 Å². The van der Waals surface area contributed by atoms with Crippen LogP contribution in [-0.4, -0.2) is 184 Å². The third kappa shape index (κ3) is 19.1. The maximum absolute atomic E-state index is 6.14. The summed E-state index contributed by atoms with van der Waals surface area (Å²) in [6.07, 6.45) is 12.1. The number of hydroxylamine groups is 2. The van der Waals surface area contributed by atoms with E-state index in [0.717, 1.165) is 45.6 Å². The molecule has 0 spiro atoms. The van der Waals surface area contributed by atoms with E-state index < -0.39 is 35.7 Å². The first-order valence-corrected chi connectivity index (χ1v) is 24.0. The van der Waals surface area contributed by atoms with Crippen LogP contribution in [0.1, 0.15) is 155 Å². The van der Waals surface area contributed by atoms with Gasteiger partial charge in [0.05, 0.1) is 12.7 Å². The van der Waals surface area contributed by atoms with Crippen LogP contribution in [0.2, 0.25) is 0 Å². The average molecular weight is 1040 g/mol. The van der Waals surface area contributed by atoms with Crippen LogP contribution in [0.5, 0.6) is 0 Å². The van der Waals surface area contributed by atoms with Gasteiger partial charge in [-0.15, -0.1) is 13.1 Å². The van der Waals surface area contributed by atoms with Crippen LogP contribution >= 0.6 is 0 Å². The van der Waals surface area contributed by atoms with Gasteiger partial charge in [0, 0.05) is 19.7 Å². The summed E-state index contributed by atoms with van der Waals surface area (Å²) in [7, 11) is 0. The summed E-state index contributed by atoms with van der Waals surface area (Å²) in [6.45, 7) is 23.7. The molecule has 10 fully saturated rings. The van der Waals surface area contributed by atoms with E-state index >= 15 is 0 Å². The molecule has 0 aromatic rings. The Morgan fingerprint density at radius 3 is 1.39 bits per heavy atom. The van der Waals surface area contributed by atoms with E-state index in [1.807, 2.05) is 60.5 Å². The Morgan fingerprint density at radius 1 is 0.507 bits per heavy atom. The van der Waals surface area contributed by atoms with Crippen molar-refractivity contribution in [3.05, 3.63) is 5.32 Å². The van der Waals surface area contributed by atoms with E-state index in [9.17, 15) is 0 Å². The number of hydrogen-bond acceptors (Lipinski definition) is 16. The Bertz CT molecular complexity index is 1310. The predicted octanol–water partition coefficient (Wildman–Crippen LogP) is 4.54. The quantitative estimate of drug-likeness (QED) is 0.156. The first kappa shape index (κ1) is 63.7. The van der Waals surface area contributed by atoms with Gasteiger partial charge in [0.1, 0.15) is 62.0 Å². The van der Waals surface area contributed by atoms with Gasteiger partial charge in [-0.3, -0.25) is 4.84 Å². The molecule has 0 saturated carbocycles. The third-order valence-electron chi connectivity index (χ3n) is 12.4. The molecular formula is C48H92BrMgN3O14. The van der Waals surface area contributed by atoms with Crippen LogP contribution < -0.4 is 22.3 Å². The molecule has 10 aliphatic rings. The fourth-order valence-corrected chi connectivity index (χ4v) is 9.54. The van der Waals surface area contributed by atoms with E-state index in [2.05, 4.69) is 10.6 Å². The molecule has 10 heterocycles. The Kier molecular flexibility index (Phi) is 28.0. The summed E-state index contributed by atoms with van der Waals surface area (Å²) in [5.74, 6) is -2.77. The zero-order valence-corrected chi connectivity index (χ0v) is 43.1. The molecule has 0 aromatic heterocycles. The summed E-state index contributed by atoms with van der Waals surface area (Å²) in [6, 6.07) is 0. The van der Waals surface area contributed by atoms with Crippen LogP contribution in [0.3, 0.4) is 0 Å². The molecule has 0 bridgehead atoms. The standard InChI is InChI=1S/C18H30O8.C17H29NO6.C5H11N.C5H10N.3CH4.BrH.Mg/c1-17(2)23-13-12(10-21-20-9-11-7-5-6-8-19-11)22-16-15(14(13)24-17)25-18(3,4)26-16;1-16(2)21-12-11(10-19-18-8-6-5-7-9-18)20-15-14(13(12)22-16)23-17(3,4)24-15;2*1-2-4-6-5-3-1;;;;;/h11-16H,5-10H2,1-4H3;11-15H,5-10H2,1-4H3;6H,1-5H2;1-5H2;3*1H4;1H;/q;;;-1;;;;;+2/p-1/t11?,12?,13-,14-,15-,16?;11?,12-,13-,14-,15?;;;;;;;/m00......./s1. The number of piperidine rings is 3. The minimum atomic E-state index is -0.722. The Balaban J connectivity index is 0.000000347. The number of nitrogens with zero attached hydrogens (tertiary/aromatic N) is 2. The fraction of sp³-hybridized carbons (Fsp3) is 1.00. The molecule has 0 aromatic carbocycles. The maximum Gasteiger partial charge on any atom is 2.00 e. The molecule has 10 aliphatic heterocycles. The van der Waals surface area contributed by atoms with Crippen LogP contribution in [0.4, 0.5) is 0 Å². The van der Waals surface area contributed by atoms with Gasteiger partial charge < -0.3 is 79.7 Å². The van der Waals surface area contributed by atoms with E-state index in [0.29, 0.717) is 13.2 Å². The molecule has 11 atom stereocenters. The summed E-state index contributed by atoms with van der Waals surface area (Å²) >= 11 is 0. The van der Waals surface area contributed by atoms with Gasteiger partial charge in [0.15, 0.2) is 35.7 Å². The first-order chi connectivity index (χ1) is 29.7. The van der Waals surface area contributed by atoms with Gasteiger partial charge in [-0.25, -0.2) is 9.78 Å². The molecule has 10 saturated heterocycles.